The number of rotatable bonds is 12. The minimum Gasteiger partial charge on any atom is -0.479 e. The Balaban J connectivity index is 1.43. The van der Waals surface area contributed by atoms with E-state index in [-0.39, 0.29) is 30.0 Å². The number of hydrogen-bond acceptors (Lipinski definition) is 5. The summed E-state index contributed by atoms with van der Waals surface area (Å²) in [5, 5.41) is 5.96. The quantitative estimate of drug-likeness (QED) is 0.221. The molecular formula is C29H28F4N4O5. The Morgan fingerprint density at radius 2 is 1.71 bits per heavy atom. The molecule has 4 N–H and O–H groups in total. The topological polar surface area (TPSA) is 133 Å². The number of Topliss-reactive ketones (excluding diaryl/α,β-unsaturated/α-hetero) is 1. The highest BCUT2D eigenvalue weighted by Gasteiger charge is 2.37. The zero-order chi connectivity index (χ0) is 30.1. The molecule has 3 aromatic rings. The van der Waals surface area contributed by atoms with E-state index in [1.165, 1.54) is 4.57 Å². The SMILES string of the molecule is NC(=O)c1cc2ccccc2n1[C@@H](CC1CC1)C(=O)N[C@@H](C[C@@H]1CCNC1=O)C(=O)COc1c(F)c(F)cc(F)c1F. The first-order valence-electron chi connectivity index (χ1n) is 13.5. The number of nitrogens with zero attached hydrogens (tertiary/aromatic N) is 1. The van der Waals surface area contributed by atoms with E-state index in [2.05, 4.69) is 10.6 Å². The summed E-state index contributed by atoms with van der Waals surface area (Å²) in [6, 6.07) is 6.27. The Kier molecular flexibility index (Phi) is 8.19. The average molecular weight is 589 g/mol. The molecule has 2 aliphatic rings. The summed E-state index contributed by atoms with van der Waals surface area (Å²) in [4.78, 5) is 51.8. The van der Waals surface area contributed by atoms with Crippen LogP contribution in [0.2, 0.25) is 0 Å². The maximum Gasteiger partial charge on any atom is 0.265 e. The van der Waals surface area contributed by atoms with E-state index < -0.39 is 71.2 Å². The summed E-state index contributed by atoms with van der Waals surface area (Å²) in [6.45, 7) is -0.697. The number of halogens is 4. The third-order valence-corrected chi connectivity index (χ3v) is 7.69. The number of nitrogens with two attached hydrogens (primary N) is 1. The van der Waals surface area contributed by atoms with Crippen molar-refractivity contribution in [3.05, 3.63) is 65.4 Å². The molecule has 13 heteroatoms. The number of primary amides is 1. The summed E-state index contributed by atoms with van der Waals surface area (Å²) < 4.78 is 61.9. The zero-order valence-corrected chi connectivity index (χ0v) is 22.3. The Bertz CT molecular complexity index is 1540. The first kappa shape index (κ1) is 29.1. The van der Waals surface area contributed by atoms with Gasteiger partial charge in [-0.1, -0.05) is 31.0 Å². The van der Waals surface area contributed by atoms with Crippen molar-refractivity contribution >= 4 is 34.4 Å². The molecule has 3 atom stereocenters. The molecule has 1 aliphatic carbocycles. The molecule has 0 spiro atoms. The van der Waals surface area contributed by atoms with Crippen LogP contribution in [-0.4, -0.2) is 47.3 Å². The largest absolute Gasteiger partial charge is 0.479 e. The minimum atomic E-state index is -1.82. The lowest BCUT2D eigenvalue weighted by Gasteiger charge is -2.26. The van der Waals surface area contributed by atoms with Crippen LogP contribution in [0.4, 0.5) is 17.6 Å². The molecular weight excluding hydrogens is 560 g/mol. The smallest absolute Gasteiger partial charge is 0.265 e. The molecule has 9 nitrogen and oxygen atoms in total. The summed E-state index contributed by atoms with van der Waals surface area (Å²) in [5.74, 6) is -11.6. The van der Waals surface area contributed by atoms with E-state index in [0.717, 1.165) is 12.8 Å². The molecule has 1 aliphatic heterocycles. The Morgan fingerprint density at radius 1 is 1.02 bits per heavy atom. The number of amides is 3. The first-order valence-corrected chi connectivity index (χ1v) is 13.5. The van der Waals surface area contributed by atoms with Crippen molar-refractivity contribution in [3.63, 3.8) is 0 Å². The normalized spacial score (nSPS) is 18.0. The Hall–Kier alpha value is -4.42. The molecule has 222 valence electrons. The van der Waals surface area contributed by atoms with Crippen LogP contribution < -0.4 is 21.1 Å². The number of ether oxygens (including phenoxy) is 1. The molecule has 0 bridgehead atoms. The second kappa shape index (κ2) is 11.8. The molecule has 5 rings (SSSR count). The van der Waals surface area contributed by atoms with E-state index >= 15 is 0 Å². The molecule has 42 heavy (non-hydrogen) atoms. The molecule has 1 aromatic heterocycles. The Labute approximate surface area is 237 Å². The third kappa shape index (κ3) is 5.95. The van der Waals surface area contributed by atoms with Crippen LogP contribution in [0.15, 0.2) is 36.4 Å². The van der Waals surface area contributed by atoms with Crippen LogP contribution in [0.5, 0.6) is 5.75 Å². The fourth-order valence-corrected chi connectivity index (χ4v) is 5.32. The van der Waals surface area contributed by atoms with Gasteiger partial charge in [-0.05, 0) is 37.3 Å². The standard InChI is InChI=1S/C29H28F4N4O5/c30-17-12-18(31)25(33)26(24(17)32)42-13-23(38)19(10-16-7-8-35-28(16)40)36-29(41)22(9-14-5-6-14)37-20-4-2-1-3-15(20)11-21(37)27(34)39/h1-4,11-12,14,16,19,22H,5-10,13H2,(H2,34,39)(H,35,40)(H,36,41)/t16-,19-,22-/m0/s1. The van der Waals surface area contributed by atoms with E-state index in [4.69, 9.17) is 10.5 Å². The van der Waals surface area contributed by atoms with Crippen LogP contribution >= 0.6 is 0 Å². The van der Waals surface area contributed by atoms with Gasteiger partial charge in [-0.3, -0.25) is 19.2 Å². The summed E-state index contributed by atoms with van der Waals surface area (Å²) >= 11 is 0. The summed E-state index contributed by atoms with van der Waals surface area (Å²) in [6.07, 6.45) is 2.29. The van der Waals surface area contributed by atoms with E-state index in [9.17, 15) is 36.7 Å². The lowest BCUT2D eigenvalue weighted by Crippen LogP contribution is -2.47. The van der Waals surface area contributed by atoms with Crippen molar-refractivity contribution in [3.8, 4) is 5.75 Å². The predicted octanol–water partition coefficient (Wildman–Crippen LogP) is 3.30. The minimum absolute atomic E-state index is 0.00633. The molecule has 0 radical (unpaired) electrons. The van der Waals surface area contributed by atoms with Gasteiger partial charge >= 0.3 is 0 Å². The molecule has 1 saturated carbocycles. The molecule has 2 heterocycles. The Morgan fingerprint density at radius 3 is 2.33 bits per heavy atom. The van der Waals surface area contributed by atoms with E-state index in [1.807, 2.05) is 0 Å². The predicted molar refractivity (Wildman–Crippen MR) is 141 cm³/mol. The number of nitrogens with one attached hydrogen (secondary N) is 2. The van der Waals surface area contributed by atoms with Crippen molar-refractivity contribution < 1.29 is 41.5 Å². The highest BCUT2D eigenvalue weighted by atomic mass is 19.2. The maximum atomic E-state index is 14.1. The first-order chi connectivity index (χ1) is 20.0. The lowest BCUT2D eigenvalue weighted by molar-refractivity contribution is -0.132. The highest BCUT2D eigenvalue weighted by Crippen LogP contribution is 2.39. The zero-order valence-electron chi connectivity index (χ0n) is 22.3. The summed E-state index contributed by atoms with van der Waals surface area (Å²) in [5.41, 5.74) is 6.33. The van der Waals surface area contributed by atoms with Crippen molar-refractivity contribution in [2.24, 2.45) is 17.6 Å². The number of aromatic nitrogens is 1. The van der Waals surface area contributed by atoms with Crippen LogP contribution in [-0.2, 0) is 14.4 Å². The molecule has 0 unspecified atom stereocenters. The van der Waals surface area contributed by atoms with Gasteiger partial charge < -0.3 is 25.7 Å². The fraction of sp³-hybridized carbons (Fsp3) is 0.379. The van der Waals surface area contributed by atoms with Crippen molar-refractivity contribution in [1.82, 2.24) is 15.2 Å². The number of ketones is 1. The van der Waals surface area contributed by atoms with Gasteiger partial charge in [0.15, 0.2) is 23.2 Å². The highest BCUT2D eigenvalue weighted by molar-refractivity contribution is 6.00. The van der Waals surface area contributed by atoms with Crippen molar-refractivity contribution in [2.75, 3.05) is 13.2 Å². The number of benzene rings is 2. The van der Waals surface area contributed by atoms with Crippen LogP contribution in [0.1, 0.15) is 48.6 Å². The fourth-order valence-electron chi connectivity index (χ4n) is 5.32. The van der Waals surface area contributed by atoms with Crippen molar-refractivity contribution in [1.29, 1.82) is 0 Å². The van der Waals surface area contributed by atoms with E-state index in [0.29, 0.717) is 30.3 Å². The van der Waals surface area contributed by atoms with Gasteiger partial charge in [0.2, 0.25) is 23.4 Å². The van der Waals surface area contributed by atoms with E-state index in [1.54, 1.807) is 30.3 Å². The van der Waals surface area contributed by atoms with Crippen LogP contribution in [0.3, 0.4) is 0 Å². The van der Waals surface area contributed by atoms with Crippen LogP contribution in [0, 0.1) is 35.1 Å². The number of hydrogen-bond donors (Lipinski definition) is 3. The van der Waals surface area contributed by atoms with Gasteiger partial charge in [-0.15, -0.1) is 0 Å². The number of para-hydroxylation sites is 1. The summed E-state index contributed by atoms with van der Waals surface area (Å²) in [7, 11) is 0. The number of fused-ring (bicyclic) bond motifs is 1. The maximum absolute atomic E-state index is 14.1. The van der Waals surface area contributed by atoms with Gasteiger partial charge in [0.25, 0.3) is 5.91 Å². The average Bonchev–Trinajstić information content (AvgIpc) is 3.57. The second-order valence-corrected chi connectivity index (χ2v) is 10.6. The van der Waals surface area contributed by atoms with Gasteiger partial charge in [0, 0.05) is 29.4 Å². The van der Waals surface area contributed by atoms with Crippen LogP contribution in [0.25, 0.3) is 10.9 Å². The molecule has 1 saturated heterocycles. The number of carbonyl (C=O) groups is 4. The molecule has 3 amide bonds. The monoisotopic (exact) mass is 588 g/mol. The van der Waals surface area contributed by atoms with Crippen molar-refractivity contribution in [2.45, 2.75) is 44.2 Å². The van der Waals surface area contributed by atoms with Gasteiger partial charge in [0.05, 0.1) is 6.04 Å². The van der Waals surface area contributed by atoms with Gasteiger partial charge in [-0.25, -0.2) is 8.78 Å². The molecule has 2 fully saturated rings. The van der Waals surface area contributed by atoms with Gasteiger partial charge in [-0.2, -0.15) is 8.78 Å². The number of carbonyl (C=O) groups excluding carboxylic acids is 4. The lowest BCUT2D eigenvalue weighted by atomic mass is 9.95. The van der Waals surface area contributed by atoms with Gasteiger partial charge in [0.1, 0.15) is 18.3 Å². The third-order valence-electron chi connectivity index (χ3n) is 7.69. The second-order valence-electron chi connectivity index (χ2n) is 10.6. The molecule has 2 aromatic carbocycles.